The number of benzene rings is 2. The van der Waals surface area contributed by atoms with Crippen LogP contribution in [-0.2, 0) is 9.53 Å². The van der Waals surface area contributed by atoms with Crippen molar-refractivity contribution in [3.8, 4) is 11.5 Å². The van der Waals surface area contributed by atoms with Crippen LogP contribution in [-0.4, -0.2) is 32.7 Å². The monoisotopic (exact) mass is 383 g/mol. The fourth-order valence-corrected chi connectivity index (χ4v) is 2.34. The van der Waals surface area contributed by atoms with Gasteiger partial charge in [0.15, 0.2) is 6.61 Å². The van der Waals surface area contributed by atoms with Gasteiger partial charge in [0.25, 0.3) is 5.91 Å². The van der Waals surface area contributed by atoms with Crippen molar-refractivity contribution >= 4 is 40.8 Å². The van der Waals surface area contributed by atoms with E-state index >= 15 is 0 Å². The lowest BCUT2D eigenvalue weighted by atomic mass is 10.2. The molecule has 2 aromatic rings. The van der Waals surface area contributed by atoms with Crippen molar-refractivity contribution in [1.82, 2.24) is 0 Å². The van der Waals surface area contributed by atoms with E-state index < -0.39 is 18.5 Å². The van der Waals surface area contributed by atoms with Gasteiger partial charge in [0.1, 0.15) is 11.5 Å². The second-order valence-corrected chi connectivity index (χ2v) is 5.58. The second kappa shape index (κ2) is 8.60. The quantitative estimate of drug-likeness (QED) is 0.767. The van der Waals surface area contributed by atoms with E-state index in [0.29, 0.717) is 17.2 Å². The van der Waals surface area contributed by atoms with Crippen LogP contribution < -0.4 is 14.8 Å². The average Bonchev–Trinajstić information content (AvgIpc) is 2.62. The van der Waals surface area contributed by atoms with Gasteiger partial charge in [0.2, 0.25) is 0 Å². The largest absolute Gasteiger partial charge is 0.497 e. The molecule has 1 amide bonds. The number of carbonyl (C=O) groups is 2. The lowest BCUT2D eigenvalue weighted by Gasteiger charge is -2.12. The molecular weight excluding hydrogens is 369 g/mol. The zero-order valence-electron chi connectivity index (χ0n) is 13.5. The Balaban J connectivity index is 1.99. The molecule has 25 heavy (non-hydrogen) atoms. The maximum atomic E-state index is 12.0. The summed E-state index contributed by atoms with van der Waals surface area (Å²) in [5.74, 6) is -0.284. The Morgan fingerprint density at radius 3 is 2.52 bits per heavy atom. The lowest BCUT2D eigenvalue weighted by Crippen LogP contribution is -2.21. The number of rotatable bonds is 6. The van der Waals surface area contributed by atoms with Crippen LogP contribution in [0.3, 0.4) is 0 Å². The van der Waals surface area contributed by atoms with Crippen LogP contribution in [0, 0.1) is 0 Å². The number of nitrogens with one attached hydrogen (secondary N) is 1. The summed E-state index contributed by atoms with van der Waals surface area (Å²) in [6.07, 6.45) is 0. The Kier molecular flexibility index (Phi) is 6.50. The first kappa shape index (κ1) is 18.9. The standard InChI is InChI=1S/C17H15Cl2NO5/c1-23-10-6-7-13(14(8-10)24-2)20-15(21)9-25-17(22)11-4-3-5-12(18)16(11)19/h3-8H,9H2,1-2H3,(H,20,21). The van der Waals surface area contributed by atoms with Gasteiger partial charge in [-0.1, -0.05) is 29.3 Å². The summed E-state index contributed by atoms with van der Waals surface area (Å²) in [5, 5.41) is 2.89. The molecule has 0 aliphatic carbocycles. The van der Waals surface area contributed by atoms with Crippen molar-refractivity contribution < 1.29 is 23.8 Å². The molecule has 6 nitrogen and oxygen atoms in total. The number of methoxy groups -OCH3 is 2. The predicted octanol–water partition coefficient (Wildman–Crippen LogP) is 3.81. The number of halogens is 2. The smallest absolute Gasteiger partial charge is 0.340 e. The first-order valence-electron chi connectivity index (χ1n) is 7.09. The normalized spacial score (nSPS) is 10.1. The molecule has 0 unspecified atom stereocenters. The Bertz CT molecular complexity index is 795. The minimum atomic E-state index is -0.746. The number of anilines is 1. The third-order valence-corrected chi connectivity index (χ3v) is 4.01. The van der Waals surface area contributed by atoms with Gasteiger partial charge in [-0.25, -0.2) is 4.79 Å². The van der Waals surface area contributed by atoms with Crippen molar-refractivity contribution in [3.05, 3.63) is 52.0 Å². The van der Waals surface area contributed by atoms with Gasteiger partial charge >= 0.3 is 5.97 Å². The molecule has 0 atom stereocenters. The van der Waals surface area contributed by atoms with Gasteiger partial charge in [-0.3, -0.25) is 4.79 Å². The summed E-state index contributed by atoms with van der Waals surface area (Å²) in [7, 11) is 2.99. The molecule has 0 aliphatic heterocycles. The van der Waals surface area contributed by atoms with Gasteiger partial charge in [-0.05, 0) is 24.3 Å². The average molecular weight is 384 g/mol. The fourth-order valence-electron chi connectivity index (χ4n) is 1.96. The first-order valence-corrected chi connectivity index (χ1v) is 7.85. The van der Waals surface area contributed by atoms with Crippen LogP contribution in [0.2, 0.25) is 10.0 Å². The molecule has 1 N–H and O–H groups in total. The number of hydrogen-bond acceptors (Lipinski definition) is 5. The molecule has 2 rings (SSSR count). The Labute approximate surface area is 154 Å². The van der Waals surface area contributed by atoms with Crippen LogP contribution in [0.5, 0.6) is 11.5 Å². The number of hydrogen-bond donors (Lipinski definition) is 1. The molecule has 0 heterocycles. The molecule has 0 aromatic heterocycles. The summed E-state index contributed by atoms with van der Waals surface area (Å²) in [6.45, 7) is -0.489. The molecule has 8 heteroatoms. The van der Waals surface area contributed by atoms with Crippen molar-refractivity contribution in [2.24, 2.45) is 0 Å². The van der Waals surface area contributed by atoms with E-state index in [-0.39, 0.29) is 15.6 Å². The molecule has 0 bridgehead atoms. The summed E-state index contributed by atoms with van der Waals surface area (Å²) < 4.78 is 15.2. The lowest BCUT2D eigenvalue weighted by molar-refractivity contribution is -0.119. The van der Waals surface area contributed by atoms with Crippen LogP contribution in [0.4, 0.5) is 5.69 Å². The Hall–Kier alpha value is -2.44. The molecular formula is C17H15Cl2NO5. The zero-order valence-corrected chi connectivity index (χ0v) is 15.0. The van der Waals surface area contributed by atoms with Crippen LogP contribution in [0.25, 0.3) is 0 Å². The van der Waals surface area contributed by atoms with E-state index in [1.807, 2.05) is 0 Å². The Morgan fingerprint density at radius 1 is 1.08 bits per heavy atom. The van der Waals surface area contributed by atoms with Gasteiger partial charge in [-0.2, -0.15) is 0 Å². The maximum Gasteiger partial charge on any atom is 0.340 e. The minimum absolute atomic E-state index is 0.0754. The van der Waals surface area contributed by atoms with Gasteiger partial charge in [0, 0.05) is 6.07 Å². The van der Waals surface area contributed by atoms with E-state index in [0.717, 1.165) is 0 Å². The predicted molar refractivity (Wildman–Crippen MR) is 94.9 cm³/mol. The van der Waals surface area contributed by atoms with Crippen molar-refractivity contribution in [2.45, 2.75) is 0 Å². The SMILES string of the molecule is COc1ccc(NC(=O)COC(=O)c2cccc(Cl)c2Cl)c(OC)c1. The van der Waals surface area contributed by atoms with Gasteiger partial charge < -0.3 is 19.5 Å². The topological polar surface area (TPSA) is 73.9 Å². The molecule has 0 saturated heterocycles. The van der Waals surface area contributed by atoms with Crippen LogP contribution in [0.15, 0.2) is 36.4 Å². The van der Waals surface area contributed by atoms with E-state index in [1.54, 1.807) is 30.3 Å². The summed E-state index contributed by atoms with van der Waals surface area (Å²) in [4.78, 5) is 24.0. The fraction of sp³-hybridized carbons (Fsp3) is 0.176. The summed E-state index contributed by atoms with van der Waals surface area (Å²) in [5.41, 5.74) is 0.508. The van der Waals surface area contributed by atoms with Crippen molar-refractivity contribution in [2.75, 3.05) is 26.1 Å². The molecule has 0 aliphatic rings. The van der Waals surface area contributed by atoms with Crippen LogP contribution in [0.1, 0.15) is 10.4 Å². The maximum absolute atomic E-state index is 12.0. The number of carbonyl (C=O) groups excluding carboxylic acids is 2. The van der Waals surface area contributed by atoms with E-state index in [1.165, 1.54) is 20.3 Å². The highest BCUT2D eigenvalue weighted by Crippen LogP contribution is 2.29. The molecule has 0 spiro atoms. The summed E-state index contributed by atoms with van der Waals surface area (Å²) in [6, 6.07) is 9.46. The third-order valence-electron chi connectivity index (χ3n) is 3.19. The van der Waals surface area contributed by atoms with Gasteiger partial charge in [-0.15, -0.1) is 0 Å². The number of amides is 1. The first-order chi connectivity index (χ1) is 12.0. The minimum Gasteiger partial charge on any atom is -0.497 e. The highest BCUT2D eigenvalue weighted by atomic mass is 35.5. The number of esters is 1. The molecule has 2 aromatic carbocycles. The van der Waals surface area contributed by atoms with Crippen molar-refractivity contribution in [1.29, 1.82) is 0 Å². The summed E-state index contributed by atoms with van der Waals surface area (Å²) >= 11 is 11.8. The van der Waals surface area contributed by atoms with E-state index in [4.69, 9.17) is 37.4 Å². The van der Waals surface area contributed by atoms with E-state index in [9.17, 15) is 9.59 Å². The molecule has 0 radical (unpaired) electrons. The van der Waals surface area contributed by atoms with Crippen molar-refractivity contribution in [3.63, 3.8) is 0 Å². The van der Waals surface area contributed by atoms with Gasteiger partial charge in [0.05, 0.1) is 35.5 Å². The highest BCUT2D eigenvalue weighted by Gasteiger charge is 2.16. The highest BCUT2D eigenvalue weighted by molar-refractivity contribution is 6.43. The molecule has 0 saturated carbocycles. The second-order valence-electron chi connectivity index (χ2n) is 4.79. The zero-order chi connectivity index (χ0) is 18.4. The molecule has 132 valence electrons. The van der Waals surface area contributed by atoms with E-state index in [2.05, 4.69) is 5.32 Å². The third kappa shape index (κ3) is 4.78. The number of ether oxygens (including phenoxy) is 3. The Morgan fingerprint density at radius 2 is 1.84 bits per heavy atom. The molecule has 0 fully saturated rings. The van der Waals surface area contributed by atoms with Crippen LogP contribution >= 0.6 is 23.2 Å².